The summed E-state index contributed by atoms with van der Waals surface area (Å²) in [5.41, 5.74) is 2.03. The molecule has 1 aromatic carbocycles. The first-order valence-corrected chi connectivity index (χ1v) is 9.26. The fourth-order valence-electron chi connectivity index (χ4n) is 3.02. The lowest BCUT2D eigenvalue weighted by Gasteiger charge is -2.32. The number of sulfonamides is 1. The highest BCUT2D eigenvalue weighted by molar-refractivity contribution is 7.89. The van der Waals surface area contributed by atoms with Gasteiger partial charge in [-0.25, -0.2) is 18.4 Å². The summed E-state index contributed by atoms with van der Waals surface area (Å²) in [6.07, 6.45) is 1.35. The van der Waals surface area contributed by atoms with Gasteiger partial charge >= 0.3 is 6.03 Å². The van der Waals surface area contributed by atoms with Gasteiger partial charge < -0.3 is 14.5 Å². The Morgan fingerprint density at radius 2 is 1.61 bits per heavy atom. The third-order valence-corrected chi connectivity index (χ3v) is 5.27. The van der Waals surface area contributed by atoms with Crippen LogP contribution in [0.3, 0.4) is 0 Å². The van der Waals surface area contributed by atoms with Crippen LogP contribution in [-0.2, 0) is 27.6 Å². The Kier molecular flexibility index (Phi) is 4.56. The van der Waals surface area contributed by atoms with Crippen LogP contribution in [-0.4, -0.2) is 63.6 Å². The summed E-state index contributed by atoms with van der Waals surface area (Å²) in [6, 6.07) is 5.01. The third-order valence-electron chi connectivity index (χ3n) is 4.36. The molecule has 0 aromatic heterocycles. The average Bonchev–Trinajstić information content (AvgIpc) is 2.76. The van der Waals surface area contributed by atoms with E-state index in [-0.39, 0.29) is 10.9 Å². The first-order chi connectivity index (χ1) is 10.9. The number of hydrogen-bond donors (Lipinski definition) is 1. The van der Waals surface area contributed by atoms with Gasteiger partial charge in [0.25, 0.3) is 0 Å². The van der Waals surface area contributed by atoms with Crippen LogP contribution in [0.25, 0.3) is 0 Å². The number of rotatable bonds is 1. The quantitative estimate of drug-likeness (QED) is 0.790. The maximum Gasteiger partial charge on any atom is 0.320 e. The second-order valence-corrected chi connectivity index (χ2v) is 7.41. The molecule has 1 saturated heterocycles. The van der Waals surface area contributed by atoms with Gasteiger partial charge in [-0.05, 0) is 36.1 Å². The first kappa shape index (κ1) is 16.2. The number of carbonyl (C=O) groups is 1. The van der Waals surface area contributed by atoms with Crippen molar-refractivity contribution in [1.82, 2.24) is 9.80 Å². The van der Waals surface area contributed by atoms with Crippen molar-refractivity contribution >= 4 is 16.1 Å². The van der Waals surface area contributed by atoms with Gasteiger partial charge in [0.2, 0.25) is 10.0 Å². The molecule has 1 fully saturated rings. The second kappa shape index (κ2) is 6.46. The van der Waals surface area contributed by atoms with Gasteiger partial charge in [-0.2, -0.15) is 0 Å². The molecular weight excluding hydrogens is 318 g/mol. The highest BCUT2D eigenvalue weighted by atomic mass is 32.2. The molecule has 8 heteroatoms. The van der Waals surface area contributed by atoms with Crippen molar-refractivity contribution in [1.29, 1.82) is 0 Å². The van der Waals surface area contributed by atoms with E-state index in [1.165, 1.54) is 6.07 Å². The van der Waals surface area contributed by atoms with E-state index in [2.05, 4.69) is 0 Å². The van der Waals surface area contributed by atoms with Gasteiger partial charge in [0.05, 0.1) is 18.1 Å². The number of ether oxygens (including phenoxy) is 1. The summed E-state index contributed by atoms with van der Waals surface area (Å²) in [7, 11) is -3.70. The normalized spacial score (nSPS) is 19.2. The third kappa shape index (κ3) is 3.65. The van der Waals surface area contributed by atoms with Crippen molar-refractivity contribution in [2.24, 2.45) is 5.14 Å². The molecule has 0 bridgehead atoms. The molecule has 2 heterocycles. The zero-order valence-corrected chi connectivity index (χ0v) is 13.7. The van der Waals surface area contributed by atoms with E-state index in [9.17, 15) is 13.2 Å². The zero-order valence-electron chi connectivity index (χ0n) is 12.9. The van der Waals surface area contributed by atoms with Gasteiger partial charge in [-0.15, -0.1) is 0 Å². The van der Waals surface area contributed by atoms with Gasteiger partial charge in [-0.1, -0.05) is 6.07 Å². The zero-order chi connectivity index (χ0) is 16.4. The van der Waals surface area contributed by atoms with E-state index < -0.39 is 10.0 Å². The maximum absolute atomic E-state index is 12.6. The molecular formula is C15H21N3O4S. The highest BCUT2D eigenvalue weighted by Gasteiger charge is 2.25. The number of hydrogen-bond acceptors (Lipinski definition) is 4. The number of urea groups is 1. The Labute approximate surface area is 136 Å². The molecule has 23 heavy (non-hydrogen) atoms. The Bertz CT molecular complexity index is 699. The van der Waals surface area contributed by atoms with Crippen LogP contribution in [0, 0.1) is 0 Å². The molecule has 2 aliphatic rings. The summed E-state index contributed by atoms with van der Waals surface area (Å²) >= 11 is 0. The average molecular weight is 339 g/mol. The van der Waals surface area contributed by atoms with Crippen molar-refractivity contribution in [3.8, 4) is 0 Å². The highest BCUT2D eigenvalue weighted by Crippen LogP contribution is 2.20. The predicted octanol–water partition coefficient (Wildman–Crippen LogP) is 0.187. The summed E-state index contributed by atoms with van der Waals surface area (Å²) < 4.78 is 28.2. The fraction of sp³-hybridized carbons (Fsp3) is 0.533. The van der Waals surface area contributed by atoms with Crippen molar-refractivity contribution < 1.29 is 17.9 Å². The number of benzene rings is 1. The second-order valence-electron chi connectivity index (χ2n) is 5.84. The van der Waals surface area contributed by atoms with Crippen molar-refractivity contribution in [2.45, 2.75) is 17.7 Å². The molecule has 126 valence electrons. The standard InChI is InChI=1S/C15H21N3O4S/c16-23(20,21)14-2-1-12-3-5-17(6-4-13(12)11-14)15(19)18-7-9-22-10-8-18/h1-2,11H,3-10H2,(H2,16,20,21). The number of fused-ring (bicyclic) bond motifs is 1. The van der Waals surface area contributed by atoms with Crippen molar-refractivity contribution in [2.75, 3.05) is 39.4 Å². The first-order valence-electron chi connectivity index (χ1n) is 7.71. The SMILES string of the molecule is NS(=O)(=O)c1ccc2c(c1)CCN(C(=O)N1CCOCC1)CC2. The van der Waals surface area contributed by atoms with Gasteiger partial charge in [0, 0.05) is 26.2 Å². The van der Waals surface area contributed by atoms with Gasteiger partial charge in [0.15, 0.2) is 0 Å². The van der Waals surface area contributed by atoms with Crippen LogP contribution < -0.4 is 5.14 Å². The lowest BCUT2D eigenvalue weighted by Crippen LogP contribution is -2.48. The summed E-state index contributed by atoms with van der Waals surface area (Å²) in [5.74, 6) is 0. The van der Waals surface area contributed by atoms with Crippen LogP contribution in [0.5, 0.6) is 0 Å². The number of amides is 2. The Morgan fingerprint density at radius 3 is 2.26 bits per heavy atom. The smallest absolute Gasteiger partial charge is 0.320 e. The van der Waals surface area contributed by atoms with Crippen LogP contribution in [0.15, 0.2) is 23.1 Å². The minimum absolute atomic E-state index is 0.0350. The van der Waals surface area contributed by atoms with E-state index in [0.717, 1.165) is 17.5 Å². The van der Waals surface area contributed by atoms with Crippen LogP contribution in [0.4, 0.5) is 4.79 Å². The van der Waals surface area contributed by atoms with E-state index >= 15 is 0 Å². The topological polar surface area (TPSA) is 92.9 Å². The molecule has 0 spiro atoms. The molecule has 0 unspecified atom stereocenters. The molecule has 0 radical (unpaired) electrons. The molecule has 2 aliphatic heterocycles. The van der Waals surface area contributed by atoms with Crippen molar-refractivity contribution in [3.63, 3.8) is 0 Å². The van der Waals surface area contributed by atoms with Crippen LogP contribution in [0.1, 0.15) is 11.1 Å². The molecule has 1 aromatic rings. The van der Waals surface area contributed by atoms with Crippen LogP contribution in [0.2, 0.25) is 0 Å². The largest absolute Gasteiger partial charge is 0.378 e. The molecule has 0 atom stereocenters. The van der Waals surface area contributed by atoms with E-state index in [4.69, 9.17) is 9.88 Å². The number of morpholine rings is 1. The van der Waals surface area contributed by atoms with E-state index in [0.29, 0.717) is 45.8 Å². The van der Waals surface area contributed by atoms with Crippen molar-refractivity contribution in [3.05, 3.63) is 29.3 Å². The lowest BCUT2D eigenvalue weighted by molar-refractivity contribution is 0.0436. The minimum atomic E-state index is -3.70. The summed E-state index contributed by atoms with van der Waals surface area (Å²) in [4.78, 5) is 16.3. The lowest BCUT2D eigenvalue weighted by atomic mass is 10.0. The Balaban J connectivity index is 1.73. The number of primary sulfonamides is 1. The summed E-state index contributed by atoms with van der Waals surface area (Å²) in [6.45, 7) is 3.62. The predicted molar refractivity (Wildman–Crippen MR) is 84.6 cm³/mol. The molecule has 3 rings (SSSR count). The number of carbonyl (C=O) groups excluding carboxylic acids is 1. The molecule has 0 saturated carbocycles. The number of nitrogens with zero attached hydrogens (tertiary/aromatic N) is 2. The fourth-order valence-corrected chi connectivity index (χ4v) is 3.59. The molecule has 7 nitrogen and oxygen atoms in total. The molecule has 0 aliphatic carbocycles. The number of nitrogens with two attached hydrogens (primary N) is 1. The molecule has 2 amide bonds. The molecule has 2 N–H and O–H groups in total. The van der Waals surface area contributed by atoms with Gasteiger partial charge in [-0.3, -0.25) is 0 Å². The summed E-state index contributed by atoms with van der Waals surface area (Å²) in [5, 5.41) is 5.19. The van der Waals surface area contributed by atoms with E-state index in [1.54, 1.807) is 12.1 Å². The monoisotopic (exact) mass is 339 g/mol. The van der Waals surface area contributed by atoms with Gasteiger partial charge in [0.1, 0.15) is 0 Å². The Morgan fingerprint density at radius 1 is 1.00 bits per heavy atom. The minimum Gasteiger partial charge on any atom is -0.378 e. The van der Waals surface area contributed by atoms with E-state index in [1.807, 2.05) is 9.80 Å². The van der Waals surface area contributed by atoms with Crippen LogP contribution >= 0.6 is 0 Å². The maximum atomic E-state index is 12.6. The Hall–Kier alpha value is -1.64.